The first-order valence-corrected chi connectivity index (χ1v) is 19.4. The molecule has 1 nitrogen and oxygen atoms in total. The second-order valence-electron chi connectivity index (χ2n) is 15.1. The molecule has 0 aromatic heterocycles. The number of fused-ring (bicyclic) bond motifs is 8. The third-order valence-electron chi connectivity index (χ3n) is 12.3. The molecule has 1 heteroatoms. The Hall–Kier alpha value is -7.22. The van der Waals surface area contributed by atoms with Crippen molar-refractivity contribution in [2.75, 3.05) is 0 Å². The van der Waals surface area contributed by atoms with Crippen LogP contribution < -0.4 is 4.74 Å². The van der Waals surface area contributed by atoms with Gasteiger partial charge in [-0.3, -0.25) is 0 Å². The first-order chi connectivity index (χ1) is 27.8. The predicted octanol–water partition coefficient (Wildman–Crippen LogP) is 14.6. The predicted molar refractivity (Wildman–Crippen MR) is 233 cm³/mol. The largest absolute Gasteiger partial charge is 0.456 e. The number of rotatable bonds is 4. The van der Waals surface area contributed by atoms with Gasteiger partial charge in [-0.1, -0.05) is 176 Å². The van der Waals surface area contributed by atoms with E-state index in [1.54, 1.807) is 0 Å². The van der Waals surface area contributed by atoms with Crippen LogP contribution >= 0.6 is 0 Å². The summed E-state index contributed by atoms with van der Waals surface area (Å²) >= 11 is 0. The molecule has 0 unspecified atom stereocenters. The number of ether oxygens (including phenoxy) is 1. The standard InChI is InChI=1S/C55H34O/c1-3-19-40(20-4-1)55(41-21-5-2-6-22-41)49-34-38(37-29-31-50-47(32-37)45-26-12-17-36-18-13-27-51(56-50)52(36)45)28-30-46(49)53-48(33-39-15-8-10-24-43(39)54(53)55)44-25-11-16-35-14-7-9-23-42(35)44/h1-34H. The summed E-state index contributed by atoms with van der Waals surface area (Å²) in [5, 5.41) is 7.38. The fraction of sp³-hybridized carbons (Fsp3) is 0.0182. The topological polar surface area (TPSA) is 9.23 Å². The van der Waals surface area contributed by atoms with Gasteiger partial charge in [-0.15, -0.1) is 0 Å². The van der Waals surface area contributed by atoms with Crippen LogP contribution in [-0.2, 0) is 5.41 Å². The number of hydrogen-bond donors (Lipinski definition) is 0. The summed E-state index contributed by atoms with van der Waals surface area (Å²) in [7, 11) is 0. The van der Waals surface area contributed by atoms with Crippen LogP contribution in [0.4, 0.5) is 0 Å². The van der Waals surface area contributed by atoms with Crippen molar-refractivity contribution in [3.8, 4) is 56.0 Å². The maximum Gasteiger partial charge on any atom is 0.135 e. The minimum Gasteiger partial charge on any atom is -0.456 e. The molecule has 1 aliphatic carbocycles. The highest BCUT2D eigenvalue weighted by Crippen LogP contribution is 2.61. The number of hydrogen-bond acceptors (Lipinski definition) is 1. The van der Waals surface area contributed by atoms with Crippen molar-refractivity contribution >= 4 is 32.3 Å². The summed E-state index contributed by atoms with van der Waals surface area (Å²) in [4.78, 5) is 0. The minimum atomic E-state index is -0.592. The van der Waals surface area contributed by atoms with Gasteiger partial charge in [0.25, 0.3) is 0 Å². The van der Waals surface area contributed by atoms with Crippen molar-refractivity contribution in [2.45, 2.75) is 5.41 Å². The Bertz CT molecular complexity index is 3160. The Morgan fingerprint density at radius 1 is 0.339 bits per heavy atom. The van der Waals surface area contributed by atoms with Gasteiger partial charge in [0.1, 0.15) is 11.5 Å². The van der Waals surface area contributed by atoms with Gasteiger partial charge in [-0.2, -0.15) is 0 Å². The molecule has 12 rings (SSSR count). The van der Waals surface area contributed by atoms with E-state index >= 15 is 0 Å². The van der Waals surface area contributed by atoms with E-state index in [4.69, 9.17) is 4.74 Å². The van der Waals surface area contributed by atoms with E-state index in [0.717, 1.165) is 22.6 Å². The normalized spacial score (nSPS) is 13.3. The molecule has 10 aromatic rings. The van der Waals surface area contributed by atoms with Gasteiger partial charge >= 0.3 is 0 Å². The van der Waals surface area contributed by atoms with E-state index in [-0.39, 0.29) is 0 Å². The van der Waals surface area contributed by atoms with Gasteiger partial charge < -0.3 is 4.74 Å². The summed E-state index contributed by atoms with van der Waals surface area (Å²) in [5.74, 6) is 1.81. The van der Waals surface area contributed by atoms with Crippen molar-refractivity contribution in [1.29, 1.82) is 0 Å². The molecule has 0 amide bonds. The van der Waals surface area contributed by atoms with E-state index in [0.29, 0.717) is 0 Å². The summed E-state index contributed by atoms with van der Waals surface area (Å²) in [6.07, 6.45) is 0. The average molecular weight is 711 g/mol. The smallest absolute Gasteiger partial charge is 0.135 e. The molecular weight excluding hydrogens is 677 g/mol. The molecule has 1 aliphatic heterocycles. The molecular formula is C55H34O. The van der Waals surface area contributed by atoms with E-state index < -0.39 is 5.41 Å². The Kier molecular flexibility index (Phi) is 6.62. The van der Waals surface area contributed by atoms with Crippen LogP contribution in [0, 0.1) is 0 Å². The van der Waals surface area contributed by atoms with Gasteiger partial charge in [0.15, 0.2) is 0 Å². The number of benzene rings is 10. The molecule has 0 radical (unpaired) electrons. The molecule has 0 bridgehead atoms. The van der Waals surface area contributed by atoms with E-state index in [9.17, 15) is 0 Å². The van der Waals surface area contributed by atoms with Crippen molar-refractivity contribution in [3.63, 3.8) is 0 Å². The van der Waals surface area contributed by atoms with Gasteiger partial charge in [0.2, 0.25) is 0 Å². The lowest BCUT2D eigenvalue weighted by atomic mass is 9.66. The third-order valence-corrected chi connectivity index (χ3v) is 12.3. The first-order valence-electron chi connectivity index (χ1n) is 19.4. The molecule has 0 atom stereocenters. The molecule has 0 saturated heterocycles. The maximum atomic E-state index is 6.53. The van der Waals surface area contributed by atoms with Crippen molar-refractivity contribution in [2.24, 2.45) is 0 Å². The van der Waals surface area contributed by atoms with Crippen molar-refractivity contribution in [3.05, 3.63) is 229 Å². The summed E-state index contributed by atoms with van der Waals surface area (Å²) < 4.78 is 6.53. The van der Waals surface area contributed by atoms with Crippen LogP contribution in [0.25, 0.3) is 76.8 Å². The molecule has 0 fully saturated rings. The Labute approximate surface area is 325 Å². The third kappa shape index (κ3) is 4.31. The molecule has 0 spiro atoms. The zero-order valence-corrected chi connectivity index (χ0v) is 30.5. The van der Waals surface area contributed by atoms with Crippen LogP contribution in [-0.4, -0.2) is 0 Å². The molecule has 56 heavy (non-hydrogen) atoms. The van der Waals surface area contributed by atoms with Crippen LogP contribution in [0.3, 0.4) is 0 Å². The van der Waals surface area contributed by atoms with E-state index in [1.165, 1.54) is 88.0 Å². The highest BCUT2D eigenvalue weighted by molar-refractivity contribution is 6.11. The Morgan fingerprint density at radius 2 is 0.946 bits per heavy atom. The fourth-order valence-electron chi connectivity index (χ4n) is 9.96. The minimum absolute atomic E-state index is 0.592. The van der Waals surface area contributed by atoms with Crippen molar-refractivity contribution < 1.29 is 4.74 Å². The van der Waals surface area contributed by atoms with E-state index in [2.05, 4.69) is 206 Å². The van der Waals surface area contributed by atoms with Crippen LogP contribution in [0.15, 0.2) is 206 Å². The monoisotopic (exact) mass is 710 g/mol. The van der Waals surface area contributed by atoms with Crippen LogP contribution in [0.5, 0.6) is 11.5 Å². The fourth-order valence-corrected chi connectivity index (χ4v) is 9.96. The van der Waals surface area contributed by atoms with Crippen LogP contribution in [0.2, 0.25) is 0 Å². The van der Waals surface area contributed by atoms with Crippen LogP contribution in [0.1, 0.15) is 22.3 Å². The van der Waals surface area contributed by atoms with Gasteiger partial charge in [-0.25, -0.2) is 0 Å². The molecule has 2 aliphatic rings. The lowest BCUT2D eigenvalue weighted by Gasteiger charge is -2.35. The lowest BCUT2D eigenvalue weighted by Crippen LogP contribution is -2.29. The highest BCUT2D eigenvalue weighted by atomic mass is 16.5. The second-order valence-corrected chi connectivity index (χ2v) is 15.1. The van der Waals surface area contributed by atoms with Gasteiger partial charge in [0.05, 0.1) is 5.41 Å². The Balaban J connectivity index is 1.19. The maximum absolute atomic E-state index is 6.53. The van der Waals surface area contributed by atoms with E-state index in [1.807, 2.05) is 0 Å². The quantitative estimate of drug-likeness (QED) is 0.177. The zero-order valence-electron chi connectivity index (χ0n) is 30.5. The SMILES string of the molecule is c1ccc(C2(c3ccccc3)c3cc(-c4ccc5c(c4)-c4cccc6cccc(c46)O5)ccc3-c3c(-c4cccc5ccccc45)cc4ccccc4c32)cc1. The highest BCUT2D eigenvalue weighted by Gasteiger charge is 2.48. The Morgan fingerprint density at radius 3 is 1.73 bits per heavy atom. The van der Waals surface area contributed by atoms with Crippen molar-refractivity contribution in [1.82, 2.24) is 0 Å². The summed E-state index contributed by atoms with van der Waals surface area (Å²) in [6.45, 7) is 0. The second kappa shape index (κ2) is 11.9. The molecule has 1 heterocycles. The zero-order chi connectivity index (χ0) is 36.8. The molecule has 10 aromatic carbocycles. The lowest BCUT2D eigenvalue weighted by molar-refractivity contribution is 0.487. The summed E-state index contributed by atoms with van der Waals surface area (Å²) in [6, 6.07) is 76.1. The average Bonchev–Trinajstić information content (AvgIpc) is 3.58. The van der Waals surface area contributed by atoms with Gasteiger partial charge in [0, 0.05) is 10.9 Å². The molecule has 0 saturated carbocycles. The molecule has 0 N–H and O–H groups in total. The molecule has 260 valence electrons. The summed E-state index contributed by atoms with van der Waals surface area (Å²) in [5.41, 5.74) is 14.3. The van der Waals surface area contributed by atoms with Gasteiger partial charge in [-0.05, 0) is 118 Å². The first kappa shape index (κ1) is 31.2.